The Hall–Kier alpha value is -2.55. The first-order valence-electron chi connectivity index (χ1n) is 9.44. The van der Waals surface area contributed by atoms with Crippen LogP contribution in [0.15, 0.2) is 51.8 Å². The molecular weight excluding hydrogens is 428 g/mol. The quantitative estimate of drug-likeness (QED) is 0.609. The molecule has 9 heteroatoms. The van der Waals surface area contributed by atoms with Crippen molar-refractivity contribution in [3.8, 4) is 5.75 Å². The Labute approximate surface area is 179 Å². The molecule has 7 nitrogen and oxygen atoms in total. The standard InChI is InChI=1S/C21H21ClN2O5S/c1-14-17-4-3-5-18(22)20(17)29-19(14)21(25)23-10-12-24(13-11-23)30(26,27)16-8-6-15(28-2)7-9-16/h3-9H,10-13H2,1-2H3. The van der Waals surface area contributed by atoms with Gasteiger partial charge >= 0.3 is 0 Å². The van der Waals surface area contributed by atoms with E-state index in [0.717, 1.165) is 10.9 Å². The second-order valence-electron chi connectivity index (χ2n) is 7.04. The van der Waals surface area contributed by atoms with Crippen molar-refractivity contribution < 1.29 is 22.4 Å². The molecule has 0 bridgehead atoms. The number of ether oxygens (including phenoxy) is 1. The Bertz CT molecular complexity index is 1200. The Morgan fingerprint density at radius 3 is 2.33 bits per heavy atom. The van der Waals surface area contributed by atoms with Crippen LogP contribution < -0.4 is 4.74 Å². The van der Waals surface area contributed by atoms with Crippen molar-refractivity contribution in [1.29, 1.82) is 0 Å². The monoisotopic (exact) mass is 448 g/mol. The highest BCUT2D eigenvalue weighted by atomic mass is 35.5. The molecule has 2 aromatic carbocycles. The molecule has 1 aliphatic rings. The molecule has 0 radical (unpaired) electrons. The fourth-order valence-corrected chi connectivity index (χ4v) is 5.22. The van der Waals surface area contributed by atoms with Crippen LogP contribution in [0.2, 0.25) is 5.02 Å². The largest absolute Gasteiger partial charge is 0.497 e. The van der Waals surface area contributed by atoms with Gasteiger partial charge in [-0.1, -0.05) is 23.7 Å². The summed E-state index contributed by atoms with van der Waals surface area (Å²) in [7, 11) is -2.11. The molecule has 0 unspecified atom stereocenters. The van der Waals surface area contributed by atoms with E-state index in [1.165, 1.54) is 23.5 Å². The van der Waals surface area contributed by atoms with E-state index in [1.807, 2.05) is 19.1 Å². The molecule has 3 aromatic rings. The van der Waals surface area contributed by atoms with Crippen molar-refractivity contribution in [3.05, 3.63) is 58.8 Å². The van der Waals surface area contributed by atoms with Crippen LogP contribution in [0.4, 0.5) is 0 Å². The zero-order valence-electron chi connectivity index (χ0n) is 16.6. The minimum Gasteiger partial charge on any atom is -0.497 e. The number of sulfonamides is 1. The van der Waals surface area contributed by atoms with E-state index >= 15 is 0 Å². The van der Waals surface area contributed by atoms with Crippen LogP contribution >= 0.6 is 11.6 Å². The second kappa shape index (κ2) is 7.94. The summed E-state index contributed by atoms with van der Waals surface area (Å²) in [6.07, 6.45) is 0. The van der Waals surface area contributed by atoms with Crippen molar-refractivity contribution in [2.75, 3.05) is 33.3 Å². The summed E-state index contributed by atoms with van der Waals surface area (Å²) >= 11 is 6.18. The van der Waals surface area contributed by atoms with Gasteiger partial charge < -0.3 is 14.1 Å². The number of fused-ring (bicyclic) bond motifs is 1. The van der Waals surface area contributed by atoms with E-state index < -0.39 is 10.0 Å². The normalized spacial score (nSPS) is 15.5. The predicted octanol–water partition coefficient (Wildman–Crippen LogP) is 3.55. The van der Waals surface area contributed by atoms with Crippen LogP contribution in [-0.2, 0) is 10.0 Å². The minimum absolute atomic E-state index is 0.200. The van der Waals surface area contributed by atoms with Gasteiger partial charge in [-0.15, -0.1) is 0 Å². The number of piperazine rings is 1. The lowest BCUT2D eigenvalue weighted by Gasteiger charge is -2.33. The summed E-state index contributed by atoms with van der Waals surface area (Å²) in [6.45, 7) is 2.79. The van der Waals surface area contributed by atoms with Gasteiger partial charge in [0.05, 0.1) is 17.0 Å². The fraction of sp³-hybridized carbons (Fsp3) is 0.286. The molecule has 2 heterocycles. The molecule has 0 N–H and O–H groups in total. The van der Waals surface area contributed by atoms with Crippen LogP contribution in [0.3, 0.4) is 0 Å². The van der Waals surface area contributed by atoms with Gasteiger partial charge in [0.25, 0.3) is 5.91 Å². The van der Waals surface area contributed by atoms with Crippen LogP contribution in [-0.4, -0.2) is 56.8 Å². The van der Waals surface area contributed by atoms with Crippen molar-refractivity contribution in [2.45, 2.75) is 11.8 Å². The number of halogens is 1. The van der Waals surface area contributed by atoms with E-state index in [2.05, 4.69) is 0 Å². The topological polar surface area (TPSA) is 80.1 Å². The first-order valence-corrected chi connectivity index (χ1v) is 11.3. The molecule has 0 saturated carbocycles. The number of nitrogens with zero attached hydrogens (tertiary/aromatic N) is 2. The highest BCUT2D eigenvalue weighted by Gasteiger charge is 2.32. The SMILES string of the molecule is COc1ccc(S(=O)(=O)N2CCN(C(=O)c3oc4c(Cl)cccc4c3C)CC2)cc1. The van der Waals surface area contributed by atoms with E-state index in [1.54, 1.807) is 23.1 Å². The molecule has 1 fully saturated rings. The lowest BCUT2D eigenvalue weighted by atomic mass is 10.1. The number of para-hydroxylation sites is 1. The molecule has 0 aliphatic carbocycles. The molecule has 0 atom stereocenters. The van der Waals surface area contributed by atoms with Gasteiger partial charge in [-0.2, -0.15) is 4.31 Å². The van der Waals surface area contributed by atoms with Crippen molar-refractivity contribution in [1.82, 2.24) is 9.21 Å². The molecule has 4 rings (SSSR count). The van der Waals surface area contributed by atoms with Crippen LogP contribution in [0.25, 0.3) is 11.0 Å². The number of hydrogen-bond donors (Lipinski definition) is 0. The molecule has 30 heavy (non-hydrogen) atoms. The number of amides is 1. The number of benzene rings is 2. The Morgan fingerprint density at radius 1 is 1.07 bits per heavy atom. The third kappa shape index (κ3) is 3.55. The van der Waals surface area contributed by atoms with E-state index in [9.17, 15) is 13.2 Å². The third-order valence-electron chi connectivity index (χ3n) is 5.33. The summed E-state index contributed by atoms with van der Waals surface area (Å²) in [5.41, 5.74) is 1.21. The van der Waals surface area contributed by atoms with Crippen LogP contribution in [0.1, 0.15) is 16.1 Å². The summed E-state index contributed by atoms with van der Waals surface area (Å²) in [6, 6.07) is 11.6. The summed E-state index contributed by atoms with van der Waals surface area (Å²) in [5, 5.41) is 1.25. The van der Waals surface area contributed by atoms with Gasteiger partial charge in [-0.05, 0) is 37.3 Å². The maximum absolute atomic E-state index is 13.0. The highest BCUT2D eigenvalue weighted by Crippen LogP contribution is 2.31. The van der Waals surface area contributed by atoms with E-state index in [0.29, 0.717) is 16.4 Å². The van der Waals surface area contributed by atoms with E-state index in [4.69, 9.17) is 20.8 Å². The first kappa shape index (κ1) is 20.7. The Morgan fingerprint density at radius 2 is 1.73 bits per heavy atom. The number of furan rings is 1. The fourth-order valence-electron chi connectivity index (χ4n) is 3.58. The third-order valence-corrected chi connectivity index (χ3v) is 7.54. The minimum atomic E-state index is -3.64. The lowest BCUT2D eigenvalue weighted by molar-refractivity contribution is 0.0667. The molecular formula is C21H21ClN2O5S. The Balaban J connectivity index is 1.50. The maximum atomic E-state index is 13.0. The average molecular weight is 449 g/mol. The lowest BCUT2D eigenvalue weighted by Crippen LogP contribution is -2.50. The van der Waals surface area contributed by atoms with Crippen LogP contribution in [0.5, 0.6) is 5.75 Å². The number of carbonyl (C=O) groups is 1. The zero-order chi connectivity index (χ0) is 21.5. The van der Waals surface area contributed by atoms with Gasteiger partial charge in [-0.3, -0.25) is 4.79 Å². The van der Waals surface area contributed by atoms with Gasteiger partial charge in [0.1, 0.15) is 5.75 Å². The smallest absolute Gasteiger partial charge is 0.289 e. The summed E-state index contributed by atoms with van der Waals surface area (Å²) < 4.78 is 38.0. The number of carbonyl (C=O) groups excluding carboxylic acids is 1. The molecule has 158 valence electrons. The van der Waals surface area contributed by atoms with Gasteiger partial charge in [0.15, 0.2) is 11.3 Å². The number of aryl methyl sites for hydroxylation is 1. The van der Waals surface area contributed by atoms with Crippen molar-refractivity contribution >= 4 is 38.5 Å². The highest BCUT2D eigenvalue weighted by molar-refractivity contribution is 7.89. The maximum Gasteiger partial charge on any atom is 0.289 e. The summed E-state index contributed by atoms with van der Waals surface area (Å²) in [5.74, 6) is 0.566. The van der Waals surface area contributed by atoms with Gasteiger partial charge in [0.2, 0.25) is 10.0 Å². The van der Waals surface area contributed by atoms with Crippen molar-refractivity contribution in [2.24, 2.45) is 0 Å². The molecule has 0 spiro atoms. The number of rotatable bonds is 4. The molecule has 1 aliphatic heterocycles. The van der Waals surface area contributed by atoms with Gasteiger partial charge in [0, 0.05) is 37.1 Å². The molecule has 1 saturated heterocycles. The summed E-state index contributed by atoms with van der Waals surface area (Å²) in [4.78, 5) is 14.8. The van der Waals surface area contributed by atoms with Crippen molar-refractivity contribution in [3.63, 3.8) is 0 Å². The van der Waals surface area contributed by atoms with E-state index in [-0.39, 0.29) is 42.7 Å². The second-order valence-corrected chi connectivity index (χ2v) is 9.39. The van der Waals surface area contributed by atoms with Gasteiger partial charge in [-0.25, -0.2) is 8.42 Å². The molecule has 1 amide bonds. The number of methoxy groups -OCH3 is 1. The number of hydrogen-bond acceptors (Lipinski definition) is 5. The zero-order valence-corrected chi connectivity index (χ0v) is 18.2. The van der Waals surface area contributed by atoms with Crippen LogP contribution in [0, 0.1) is 6.92 Å². The Kier molecular flexibility index (Phi) is 5.48. The molecule has 1 aromatic heterocycles. The average Bonchev–Trinajstić information content (AvgIpc) is 3.11. The first-order chi connectivity index (χ1) is 14.3. The predicted molar refractivity (Wildman–Crippen MR) is 114 cm³/mol.